The Kier molecular flexibility index (Phi) is 3.96. The van der Waals surface area contributed by atoms with Crippen molar-refractivity contribution in [3.63, 3.8) is 0 Å². The molecule has 0 amide bonds. The highest BCUT2D eigenvalue weighted by Crippen LogP contribution is 2.18. The Balaban J connectivity index is 3.00. The fourth-order valence-corrected chi connectivity index (χ4v) is 1.37. The molecule has 3 nitrogen and oxygen atoms in total. The largest absolute Gasteiger partial charge is 0.350 e. The summed E-state index contributed by atoms with van der Waals surface area (Å²) >= 11 is 0. The number of rotatable bonds is 4. The maximum Gasteiger partial charge on any atom is 0.168 e. The Hall–Kier alpha value is -1.23. The second kappa shape index (κ2) is 5.02. The van der Waals surface area contributed by atoms with Crippen LogP contribution in [0.1, 0.15) is 13.8 Å². The Labute approximate surface area is 87.9 Å². The smallest absolute Gasteiger partial charge is 0.168 e. The number of anilines is 1. The van der Waals surface area contributed by atoms with E-state index in [1.54, 1.807) is 4.90 Å². The van der Waals surface area contributed by atoms with E-state index in [-0.39, 0.29) is 11.9 Å². The lowest BCUT2D eigenvalue weighted by Gasteiger charge is -2.27. The fraction of sp³-hybridized carbons (Fsp3) is 0.500. The van der Waals surface area contributed by atoms with Crippen LogP contribution in [0.2, 0.25) is 0 Å². The van der Waals surface area contributed by atoms with Crippen LogP contribution in [-0.4, -0.2) is 24.1 Å². The molecular formula is C10H15F2N3. The molecule has 0 aliphatic carbocycles. The molecule has 0 aromatic carbocycles. The number of nitrogens with two attached hydrogens (primary N) is 1. The summed E-state index contributed by atoms with van der Waals surface area (Å²) in [5, 5.41) is 0. The summed E-state index contributed by atoms with van der Waals surface area (Å²) in [6.45, 7) is 4.70. The first-order valence-corrected chi connectivity index (χ1v) is 4.84. The quantitative estimate of drug-likeness (QED) is 0.828. The average Bonchev–Trinajstić information content (AvgIpc) is 2.15. The SMILES string of the molecule is CC(C)N(CCN)c1ncc(F)cc1F. The van der Waals surface area contributed by atoms with Crippen molar-refractivity contribution in [2.45, 2.75) is 19.9 Å². The van der Waals surface area contributed by atoms with Gasteiger partial charge in [0.15, 0.2) is 11.6 Å². The Bertz CT molecular complexity index is 328. The second-order valence-corrected chi connectivity index (χ2v) is 3.53. The predicted octanol–water partition coefficient (Wildman–Crippen LogP) is 1.53. The molecule has 0 aliphatic rings. The molecule has 84 valence electrons. The lowest BCUT2D eigenvalue weighted by atomic mass is 10.3. The van der Waals surface area contributed by atoms with Crippen LogP contribution in [0.3, 0.4) is 0 Å². The third-order valence-electron chi connectivity index (χ3n) is 2.05. The van der Waals surface area contributed by atoms with E-state index >= 15 is 0 Å². The van der Waals surface area contributed by atoms with E-state index in [1.165, 1.54) is 0 Å². The van der Waals surface area contributed by atoms with Crippen molar-refractivity contribution in [2.75, 3.05) is 18.0 Å². The molecule has 1 heterocycles. The number of aromatic nitrogens is 1. The third kappa shape index (κ3) is 2.86. The monoisotopic (exact) mass is 215 g/mol. The Morgan fingerprint density at radius 2 is 2.13 bits per heavy atom. The van der Waals surface area contributed by atoms with E-state index in [1.807, 2.05) is 13.8 Å². The average molecular weight is 215 g/mol. The number of halogens is 2. The van der Waals surface area contributed by atoms with E-state index in [2.05, 4.69) is 4.98 Å². The van der Waals surface area contributed by atoms with Crippen molar-refractivity contribution in [2.24, 2.45) is 5.73 Å². The molecule has 0 unspecified atom stereocenters. The molecule has 0 bridgehead atoms. The first-order chi connectivity index (χ1) is 7.06. The van der Waals surface area contributed by atoms with E-state index in [0.29, 0.717) is 13.1 Å². The fourth-order valence-electron chi connectivity index (χ4n) is 1.37. The highest BCUT2D eigenvalue weighted by atomic mass is 19.1. The minimum atomic E-state index is -0.673. The molecule has 0 saturated carbocycles. The summed E-state index contributed by atoms with van der Waals surface area (Å²) in [6, 6.07) is 0.898. The first kappa shape index (κ1) is 11.8. The minimum Gasteiger partial charge on any atom is -0.350 e. The summed E-state index contributed by atoms with van der Waals surface area (Å²) in [4.78, 5) is 5.44. The van der Waals surface area contributed by atoms with Gasteiger partial charge in [0.1, 0.15) is 5.82 Å². The van der Waals surface area contributed by atoms with Gasteiger partial charge in [-0.3, -0.25) is 0 Å². The number of hydrogen-bond acceptors (Lipinski definition) is 3. The predicted molar refractivity (Wildman–Crippen MR) is 55.7 cm³/mol. The second-order valence-electron chi connectivity index (χ2n) is 3.53. The maximum absolute atomic E-state index is 13.4. The van der Waals surface area contributed by atoms with Gasteiger partial charge in [-0.2, -0.15) is 0 Å². The van der Waals surface area contributed by atoms with Gasteiger partial charge >= 0.3 is 0 Å². The van der Waals surface area contributed by atoms with Gasteiger partial charge in [0.2, 0.25) is 0 Å². The zero-order chi connectivity index (χ0) is 11.4. The molecule has 1 aromatic heterocycles. The van der Waals surface area contributed by atoms with Gasteiger partial charge in [-0.05, 0) is 13.8 Å². The summed E-state index contributed by atoms with van der Waals surface area (Å²) in [5.74, 6) is -1.18. The first-order valence-electron chi connectivity index (χ1n) is 4.84. The van der Waals surface area contributed by atoms with Crippen molar-refractivity contribution in [1.29, 1.82) is 0 Å². The molecule has 0 fully saturated rings. The van der Waals surface area contributed by atoms with Crippen molar-refractivity contribution in [3.8, 4) is 0 Å². The molecule has 1 rings (SSSR count). The van der Waals surface area contributed by atoms with Crippen LogP contribution >= 0.6 is 0 Å². The number of nitrogens with zero attached hydrogens (tertiary/aromatic N) is 2. The molecule has 0 radical (unpaired) electrons. The molecule has 1 aromatic rings. The zero-order valence-corrected chi connectivity index (χ0v) is 8.87. The van der Waals surface area contributed by atoms with Crippen LogP contribution in [-0.2, 0) is 0 Å². The Morgan fingerprint density at radius 1 is 1.47 bits per heavy atom. The molecule has 5 heteroatoms. The van der Waals surface area contributed by atoms with E-state index in [9.17, 15) is 8.78 Å². The van der Waals surface area contributed by atoms with Gasteiger partial charge in [0.05, 0.1) is 6.20 Å². The molecule has 2 N–H and O–H groups in total. The van der Waals surface area contributed by atoms with Crippen molar-refractivity contribution in [1.82, 2.24) is 4.98 Å². The number of hydrogen-bond donors (Lipinski definition) is 1. The maximum atomic E-state index is 13.4. The van der Waals surface area contributed by atoms with Gasteiger partial charge in [-0.1, -0.05) is 0 Å². The van der Waals surface area contributed by atoms with Crippen molar-refractivity contribution in [3.05, 3.63) is 23.9 Å². The number of pyridine rings is 1. The van der Waals surface area contributed by atoms with Gasteiger partial charge < -0.3 is 10.6 Å². The van der Waals surface area contributed by atoms with Crippen LogP contribution in [0.15, 0.2) is 12.3 Å². The summed E-state index contributed by atoms with van der Waals surface area (Å²) in [7, 11) is 0. The van der Waals surface area contributed by atoms with E-state index < -0.39 is 11.6 Å². The van der Waals surface area contributed by atoms with Crippen LogP contribution in [0.5, 0.6) is 0 Å². The van der Waals surface area contributed by atoms with Gasteiger partial charge in [0.25, 0.3) is 0 Å². The molecule has 15 heavy (non-hydrogen) atoms. The molecule has 0 saturated heterocycles. The summed E-state index contributed by atoms with van der Waals surface area (Å²) in [6.07, 6.45) is 1.00. The zero-order valence-electron chi connectivity index (χ0n) is 8.87. The lowest BCUT2D eigenvalue weighted by Crippen LogP contribution is -2.36. The summed E-state index contributed by atoms with van der Waals surface area (Å²) in [5.41, 5.74) is 5.42. The normalized spacial score (nSPS) is 10.8. The molecule has 0 spiro atoms. The third-order valence-corrected chi connectivity index (χ3v) is 2.05. The lowest BCUT2D eigenvalue weighted by molar-refractivity contribution is 0.557. The summed E-state index contributed by atoms with van der Waals surface area (Å²) < 4.78 is 26.1. The standard InChI is InChI=1S/C10H15F2N3/c1-7(2)15(4-3-13)10-9(12)5-8(11)6-14-10/h5-7H,3-4,13H2,1-2H3. The van der Waals surface area contributed by atoms with Gasteiger partial charge in [-0.25, -0.2) is 13.8 Å². The van der Waals surface area contributed by atoms with Crippen molar-refractivity contribution >= 4 is 5.82 Å². The highest BCUT2D eigenvalue weighted by Gasteiger charge is 2.15. The van der Waals surface area contributed by atoms with E-state index in [4.69, 9.17) is 5.73 Å². The minimum absolute atomic E-state index is 0.0704. The van der Waals surface area contributed by atoms with Crippen LogP contribution in [0.25, 0.3) is 0 Å². The van der Waals surface area contributed by atoms with Gasteiger partial charge in [0, 0.05) is 25.2 Å². The Morgan fingerprint density at radius 3 is 2.60 bits per heavy atom. The molecule has 0 aliphatic heterocycles. The van der Waals surface area contributed by atoms with Crippen LogP contribution in [0, 0.1) is 11.6 Å². The van der Waals surface area contributed by atoms with Gasteiger partial charge in [-0.15, -0.1) is 0 Å². The molecule has 0 atom stereocenters. The topological polar surface area (TPSA) is 42.1 Å². The molecular weight excluding hydrogens is 200 g/mol. The highest BCUT2D eigenvalue weighted by molar-refractivity contribution is 5.40. The van der Waals surface area contributed by atoms with Crippen LogP contribution < -0.4 is 10.6 Å². The van der Waals surface area contributed by atoms with Crippen LogP contribution in [0.4, 0.5) is 14.6 Å². The van der Waals surface area contributed by atoms with Crippen molar-refractivity contribution < 1.29 is 8.78 Å². The van der Waals surface area contributed by atoms with E-state index in [0.717, 1.165) is 12.3 Å².